The fourth-order valence-electron chi connectivity index (χ4n) is 13.8. The highest BCUT2D eigenvalue weighted by molar-refractivity contribution is 5.92. The second-order valence-corrected chi connectivity index (χ2v) is 28.3. The Hall–Kier alpha value is -13.2. The molecule has 4 N–H and O–H groups in total. The van der Waals surface area contributed by atoms with Gasteiger partial charge in [-0.3, -0.25) is 0 Å². The normalized spacial score (nSPS) is 15.9. The van der Waals surface area contributed by atoms with E-state index in [1.165, 1.54) is 87.2 Å². The number of nitrogens with one attached hydrogen (secondary N) is 4. The number of aromatic nitrogens is 5. The molecule has 4 aliphatic rings. The lowest BCUT2D eigenvalue weighted by atomic mass is 9.97. The topological polar surface area (TPSA) is 246 Å². The molecule has 0 spiro atoms. The molecule has 4 atom stereocenters. The van der Waals surface area contributed by atoms with Crippen molar-refractivity contribution in [3.05, 3.63) is 277 Å². The number of hydrogen-bond acceptors (Lipinski definition) is 13. The van der Waals surface area contributed by atoms with Crippen LogP contribution in [0, 0.1) is 91.7 Å². The van der Waals surface area contributed by atoms with Gasteiger partial charge in [0.15, 0.2) is 69.6 Å². The average Bonchev–Trinajstić information content (AvgIpc) is 1.67. The van der Waals surface area contributed by atoms with E-state index in [-0.39, 0.29) is 106 Å². The lowest BCUT2D eigenvalue weighted by Crippen LogP contribution is -2.44. The van der Waals surface area contributed by atoms with Gasteiger partial charge in [-0.25, -0.2) is 72.5 Å². The molecule has 21 nitrogen and oxygen atoms in total. The van der Waals surface area contributed by atoms with E-state index in [1.807, 2.05) is 58.0 Å². The van der Waals surface area contributed by atoms with Gasteiger partial charge in [0.2, 0.25) is 0 Å². The van der Waals surface area contributed by atoms with Crippen LogP contribution in [0.4, 0.5) is 90.2 Å². The van der Waals surface area contributed by atoms with E-state index in [0.29, 0.717) is 94.5 Å². The Morgan fingerprint density at radius 1 is 0.348 bits per heavy atom. The van der Waals surface area contributed by atoms with Gasteiger partial charge in [-0.2, -0.15) is 0 Å². The van der Waals surface area contributed by atoms with Crippen LogP contribution in [0.3, 0.4) is 0 Å². The minimum Gasteiger partial charge on any atom is -0.356 e. The molecule has 7 aromatic carbocycles. The van der Waals surface area contributed by atoms with Gasteiger partial charge in [-0.15, -0.1) is 0 Å². The highest BCUT2D eigenvalue weighted by Crippen LogP contribution is 2.39. The second-order valence-electron chi connectivity index (χ2n) is 28.3. The lowest BCUT2D eigenvalue weighted by Gasteiger charge is -2.32. The summed E-state index contributed by atoms with van der Waals surface area (Å²) in [6, 6.07) is 31.2. The highest BCUT2D eigenvalue weighted by atomic mass is 19.2. The van der Waals surface area contributed by atoms with Crippen molar-refractivity contribution in [2.45, 2.75) is 131 Å². The van der Waals surface area contributed by atoms with Crippen LogP contribution in [-0.2, 0) is 51.9 Å². The maximum absolute atomic E-state index is 14.2. The minimum absolute atomic E-state index is 0.0927. The van der Waals surface area contributed by atoms with E-state index < -0.39 is 82.1 Å². The van der Waals surface area contributed by atoms with Gasteiger partial charge in [0.1, 0.15) is 23.1 Å². The molecule has 115 heavy (non-hydrogen) atoms. The number of carbonyl (C=O) groups is 4. The van der Waals surface area contributed by atoms with E-state index in [0.717, 1.165) is 47.3 Å². The summed E-state index contributed by atoms with van der Waals surface area (Å²) in [6.07, 6.45) is 2.96. The Balaban J connectivity index is 0.000000134. The number of carbonyl (C=O) groups excluding carboxylic acids is 4. The molecule has 0 fully saturated rings. The molecule has 4 unspecified atom stereocenters. The summed E-state index contributed by atoms with van der Waals surface area (Å²) < 4.78 is 171. The lowest BCUT2D eigenvalue weighted by molar-refractivity contribution is 0.181. The van der Waals surface area contributed by atoms with Gasteiger partial charge in [-0.1, -0.05) is 75.2 Å². The molecule has 0 bridgehead atoms. The molecule has 32 heteroatoms. The number of pyridine rings is 1. The summed E-state index contributed by atoms with van der Waals surface area (Å²) in [5.41, 5.74) is 9.01. The summed E-state index contributed by atoms with van der Waals surface area (Å²) >= 11 is 0. The maximum Gasteiger partial charge on any atom is 0.322 e. The Morgan fingerprint density at radius 2 is 0.678 bits per heavy atom. The van der Waals surface area contributed by atoms with Crippen LogP contribution in [0.15, 0.2) is 164 Å². The number of fused-ring (bicyclic) bond motifs is 4. The average molecular weight is 1590 g/mol. The van der Waals surface area contributed by atoms with Gasteiger partial charge < -0.3 is 59.0 Å². The Labute approximate surface area is 650 Å². The molecule has 12 aromatic rings. The minimum atomic E-state index is -1.03. The van der Waals surface area contributed by atoms with Crippen molar-refractivity contribution in [3.63, 3.8) is 0 Å². The number of anilines is 4. The zero-order valence-electron chi connectivity index (χ0n) is 62.8. The first-order chi connectivity index (χ1) is 54.9. The first kappa shape index (κ1) is 79.9. The van der Waals surface area contributed by atoms with Crippen LogP contribution < -0.4 is 21.3 Å². The van der Waals surface area contributed by atoms with Gasteiger partial charge in [0, 0.05) is 130 Å². The van der Waals surface area contributed by atoms with Crippen LogP contribution in [0.5, 0.6) is 0 Å². The van der Waals surface area contributed by atoms with Crippen LogP contribution in [0.1, 0.15) is 95.0 Å². The van der Waals surface area contributed by atoms with Crippen molar-refractivity contribution >= 4 is 46.9 Å². The second kappa shape index (κ2) is 33.6. The highest BCUT2D eigenvalue weighted by Gasteiger charge is 2.38. The van der Waals surface area contributed by atoms with Crippen LogP contribution >= 0.6 is 0 Å². The first-order valence-electron chi connectivity index (χ1n) is 36.2. The molecule has 16 rings (SSSR count). The summed E-state index contributed by atoms with van der Waals surface area (Å²) in [4.78, 5) is 61.5. The van der Waals surface area contributed by atoms with Crippen LogP contribution in [0.2, 0.25) is 0 Å². The van der Waals surface area contributed by atoms with E-state index in [2.05, 4.69) is 46.9 Å². The van der Waals surface area contributed by atoms with Crippen molar-refractivity contribution in [1.82, 2.24) is 45.2 Å². The number of halogens is 11. The molecule has 9 heterocycles. The number of aryl methyl sites for hydroxylation is 4. The zero-order chi connectivity index (χ0) is 82.0. The van der Waals surface area contributed by atoms with Crippen molar-refractivity contribution in [1.29, 1.82) is 0 Å². The van der Waals surface area contributed by atoms with E-state index in [4.69, 9.17) is 18.1 Å². The molecule has 4 aliphatic heterocycles. The molecule has 0 aliphatic carbocycles. The van der Waals surface area contributed by atoms with Crippen LogP contribution in [-0.4, -0.2) is 93.5 Å². The predicted octanol–water partition coefficient (Wildman–Crippen LogP) is 19.4. The summed E-state index contributed by atoms with van der Waals surface area (Å²) in [7, 11) is 0. The third-order valence-corrected chi connectivity index (χ3v) is 20.0. The fraction of sp³-hybridized carbons (Fsp3) is 0.241. The van der Waals surface area contributed by atoms with Crippen molar-refractivity contribution in [2.24, 2.45) is 0 Å². The summed E-state index contributed by atoms with van der Waals surface area (Å²) in [5, 5.41) is 26.8. The summed E-state index contributed by atoms with van der Waals surface area (Å²) in [6.45, 7) is 14.0. The van der Waals surface area contributed by atoms with Gasteiger partial charge >= 0.3 is 24.1 Å². The summed E-state index contributed by atoms with van der Waals surface area (Å²) in [5.74, 6) is -7.44. The van der Waals surface area contributed by atoms with Crippen LogP contribution in [0.25, 0.3) is 45.4 Å². The molecule has 594 valence electrons. The zero-order valence-corrected chi connectivity index (χ0v) is 62.8. The monoisotopic (exact) mass is 1590 g/mol. The Bertz CT molecular complexity index is 5590. The molecule has 0 saturated heterocycles. The number of benzene rings is 7. The van der Waals surface area contributed by atoms with E-state index >= 15 is 0 Å². The molecular weight excluding hydrogens is 1520 g/mol. The number of nitrogens with zero attached hydrogens (tertiary/aromatic N) is 9. The molecule has 0 saturated carbocycles. The number of amides is 8. The third-order valence-electron chi connectivity index (χ3n) is 20.0. The smallest absolute Gasteiger partial charge is 0.322 e. The molecule has 0 radical (unpaired) electrons. The number of rotatable bonds is 8. The SMILES string of the molecule is Cc1cc(NC(=O)N2Cc3c(noc3-c3ccc(F)cn3)CC2C)cc(F)c1F.Cc1cc(NC(=O)N2Cc3c(noc3-c3cccc(F)c3)CC2C)cc(F)c1F.Cc1cc(NC(=O)N2Cc3c(noc3-c3ccccc3)CC2C)cc(F)c1F.Cc1cc(NC(=O)N2Cc3c(noc3-c3ccccc3F)CC2C)cc(F)c1F. The fourth-order valence-corrected chi connectivity index (χ4v) is 13.8. The molecular formula is C83H72F11N13O8. The number of urea groups is 4. The Kier molecular flexibility index (Phi) is 23.4. The van der Waals surface area contributed by atoms with Gasteiger partial charge in [0.25, 0.3) is 0 Å². The van der Waals surface area contributed by atoms with E-state index in [1.54, 1.807) is 45.0 Å². The predicted molar refractivity (Wildman–Crippen MR) is 401 cm³/mol. The van der Waals surface area contributed by atoms with Gasteiger partial charge in [-0.05, 0) is 138 Å². The van der Waals surface area contributed by atoms with E-state index in [9.17, 15) is 67.5 Å². The maximum atomic E-state index is 14.2. The quantitative estimate of drug-likeness (QED) is 0.104. The largest absolute Gasteiger partial charge is 0.356 e. The first-order valence-corrected chi connectivity index (χ1v) is 36.2. The Morgan fingerprint density at radius 3 is 1.03 bits per heavy atom. The van der Waals surface area contributed by atoms with Gasteiger partial charge in [0.05, 0.1) is 60.7 Å². The molecule has 5 aromatic heterocycles. The van der Waals surface area contributed by atoms with Crippen molar-refractivity contribution in [3.8, 4) is 45.4 Å². The molecule has 8 amide bonds. The number of hydrogen-bond donors (Lipinski definition) is 4. The standard InChI is InChI=1S/2C21H18F3N3O2.C21H19F2N3O2.C20H17F3N4O2/c1-11-6-15(9-17(23)19(11)24)25-21(28)27-10-16-18(7-12(27)2)26-29-20(16)13-4-3-5-14(22)8-13;1-11-7-13(9-17(23)19(11)24)25-21(28)27-10-15-18(8-12(27)2)26-29-20(15)14-5-3-4-6-16(14)22;1-12-8-15(10-17(22)19(12)23)24-21(27)26-11-16-18(9-13(26)2)25-28-20(16)14-6-4-3-5-7-14;1-10-5-13(7-15(22)18(10)23)25-20(28)27-9-14-17(6-11(27)2)26-29-19(14)16-4-3-12(21)8-24-16/h3-6,8-9,12H,7,10H2,1-2H3,(H,25,28);3-7,9,12H,8,10H2,1-2H3,(H,25,28);3-8,10,13H,9,11H2,1-2H3,(H,24,27);3-5,7-8,11H,6,9H2,1-2H3,(H,25,28). The van der Waals surface area contributed by atoms with Crippen molar-refractivity contribution < 1.29 is 85.6 Å². The third kappa shape index (κ3) is 17.4. The van der Waals surface area contributed by atoms with Crippen molar-refractivity contribution in [2.75, 3.05) is 21.3 Å².